The maximum Gasteiger partial charge on any atom is 0.409 e. The summed E-state index contributed by atoms with van der Waals surface area (Å²) in [5, 5.41) is 3.10. The van der Waals surface area contributed by atoms with Crippen molar-refractivity contribution >= 4 is 17.5 Å². The second kappa shape index (κ2) is 6.95. The van der Waals surface area contributed by atoms with Gasteiger partial charge < -0.3 is 19.4 Å². The molecule has 2 aromatic rings. The predicted molar refractivity (Wildman–Crippen MR) is 91.0 cm³/mol. The fourth-order valence-corrected chi connectivity index (χ4v) is 3.30. The summed E-state index contributed by atoms with van der Waals surface area (Å²) in [6, 6.07) is 7.83. The zero-order valence-corrected chi connectivity index (χ0v) is 14.1. The number of hydrogen-bond acceptors (Lipinski definition) is 3. The van der Waals surface area contributed by atoms with E-state index >= 15 is 0 Å². The summed E-state index contributed by atoms with van der Waals surface area (Å²) in [5.74, 6) is 0.313. The highest BCUT2D eigenvalue weighted by Crippen LogP contribution is 2.21. The van der Waals surface area contributed by atoms with Crippen LogP contribution in [0, 0.1) is 5.92 Å². The SMILES string of the molecule is COC(=O)N1CCC(C(C)NC(=O)c2cc3ccccn3c2)CC1. The molecule has 1 aliphatic heterocycles. The van der Waals surface area contributed by atoms with Crippen molar-refractivity contribution < 1.29 is 14.3 Å². The lowest BCUT2D eigenvalue weighted by molar-refractivity contribution is 0.0867. The summed E-state index contributed by atoms with van der Waals surface area (Å²) < 4.78 is 6.69. The van der Waals surface area contributed by atoms with Crippen LogP contribution in [-0.2, 0) is 4.74 Å². The van der Waals surface area contributed by atoms with Gasteiger partial charge in [-0.3, -0.25) is 4.79 Å². The van der Waals surface area contributed by atoms with Gasteiger partial charge in [-0.25, -0.2) is 4.79 Å². The molecule has 6 nitrogen and oxygen atoms in total. The Balaban J connectivity index is 1.57. The van der Waals surface area contributed by atoms with E-state index in [0.29, 0.717) is 24.6 Å². The first-order valence-corrected chi connectivity index (χ1v) is 8.29. The van der Waals surface area contributed by atoms with Crippen LogP contribution >= 0.6 is 0 Å². The van der Waals surface area contributed by atoms with Crippen LogP contribution in [0.3, 0.4) is 0 Å². The molecule has 0 aromatic carbocycles. The Bertz CT molecular complexity index is 699. The van der Waals surface area contributed by atoms with E-state index in [2.05, 4.69) is 5.32 Å². The van der Waals surface area contributed by atoms with E-state index in [9.17, 15) is 9.59 Å². The summed E-state index contributed by atoms with van der Waals surface area (Å²) >= 11 is 0. The van der Waals surface area contributed by atoms with Crippen LogP contribution < -0.4 is 5.32 Å². The summed E-state index contributed by atoms with van der Waals surface area (Å²) in [5.41, 5.74) is 1.67. The number of carbonyl (C=O) groups is 2. The van der Waals surface area contributed by atoms with Crippen molar-refractivity contribution in [2.45, 2.75) is 25.8 Å². The topological polar surface area (TPSA) is 63.0 Å². The van der Waals surface area contributed by atoms with E-state index in [1.807, 2.05) is 48.0 Å². The number of rotatable bonds is 3. The Morgan fingerprint density at radius 3 is 2.71 bits per heavy atom. The molecule has 0 saturated carbocycles. The van der Waals surface area contributed by atoms with E-state index in [0.717, 1.165) is 18.4 Å². The van der Waals surface area contributed by atoms with Crippen molar-refractivity contribution in [1.82, 2.24) is 14.6 Å². The van der Waals surface area contributed by atoms with Crippen molar-refractivity contribution in [2.24, 2.45) is 5.92 Å². The minimum Gasteiger partial charge on any atom is -0.453 e. The van der Waals surface area contributed by atoms with Gasteiger partial charge in [0, 0.05) is 37.0 Å². The lowest BCUT2D eigenvalue weighted by atomic mass is 9.90. The lowest BCUT2D eigenvalue weighted by Gasteiger charge is -2.34. The van der Waals surface area contributed by atoms with E-state index in [1.165, 1.54) is 7.11 Å². The molecule has 3 heterocycles. The molecule has 0 radical (unpaired) electrons. The first kappa shape index (κ1) is 16.4. The summed E-state index contributed by atoms with van der Waals surface area (Å²) in [4.78, 5) is 25.7. The van der Waals surface area contributed by atoms with Gasteiger partial charge in [-0.1, -0.05) is 6.07 Å². The Kier molecular flexibility index (Phi) is 4.74. The standard InChI is InChI=1S/C18H23N3O3/c1-13(14-6-9-20(10-7-14)18(23)24-2)19-17(22)15-11-16-5-3-4-8-21(16)12-15/h3-5,8,11-14H,6-7,9-10H2,1-2H3,(H,19,22). The maximum absolute atomic E-state index is 12.5. The number of nitrogens with one attached hydrogen (secondary N) is 1. The van der Waals surface area contributed by atoms with Gasteiger partial charge >= 0.3 is 6.09 Å². The van der Waals surface area contributed by atoms with Crippen molar-refractivity contribution in [2.75, 3.05) is 20.2 Å². The number of piperidine rings is 1. The zero-order valence-electron chi connectivity index (χ0n) is 14.1. The fourth-order valence-electron chi connectivity index (χ4n) is 3.30. The second-order valence-electron chi connectivity index (χ2n) is 6.32. The molecule has 1 atom stereocenters. The molecule has 1 fully saturated rings. The summed E-state index contributed by atoms with van der Waals surface area (Å²) in [7, 11) is 1.40. The van der Waals surface area contributed by atoms with Crippen LogP contribution in [0.5, 0.6) is 0 Å². The highest BCUT2D eigenvalue weighted by atomic mass is 16.5. The highest BCUT2D eigenvalue weighted by molar-refractivity contribution is 5.95. The Morgan fingerprint density at radius 2 is 2.04 bits per heavy atom. The smallest absolute Gasteiger partial charge is 0.409 e. The quantitative estimate of drug-likeness (QED) is 0.941. The molecule has 24 heavy (non-hydrogen) atoms. The molecule has 0 aliphatic carbocycles. The molecular weight excluding hydrogens is 306 g/mol. The van der Waals surface area contributed by atoms with Crippen LogP contribution in [0.25, 0.3) is 5.52 Å². The molecule has 1 aliphatic rings. The number of carbonyl (C=O) groups excluding carboxylic acids is 2. The molecule has 3 rings (SSSR count). The molecule has 2 aromatic heterocycles. The maximum atomic E-state index is 12.5. The van der Waals surface area contributed by atoms with E-state index in [-0.39, 0.29) is 18.0 Å². The van der Waals surface area contributed by atoms with E-state index < -0.39 is 0 Å². The fraction of sp³-hybridized carbons (Fsp3) is 0.444. The first-order valence-electron chi connectivity index (χ1n) is 8.29. The van der Waals surface area contributed by atoms with Gasteiger partial charge in [0.1, 0.15) is 0 Å². The van der Waals surface area contributed by atoms with Crippen LogP contribution in [0.2, 0.25) is 0 Å². The second-order valence-corrected chi connectivity index (χ2v) is 6.32. The normalized spacial score (nSPS) is 16.8. The summed E-state index contributed by atoms with van der Waals surface area (Å²) in [6.45, 7) is 3.38. The minimum absolute atomic E-state index is 0.0541. The van der Waals surface area contributed by atoms with Gasteiger partial charge in [0.15, 0.2) is 0 Å². The summed E-state index contributed by atoms with van der Waals surface area (Å²) in [6.07, 6.45) is 5.24. The number of pyridine rings is 1. The molecular formula is C18H23N3O3. The third-order valence-corrected chi connectivity index (χ3v) is 4.80. The zero-order chi connectivity index (χ0) is 17.1. The molecule has 1 saturated heterocycles. The lowest BCUT2D eigenvalue weighted by Crippen LogP contribution is -2.45. The van der Waals surface area contributed by atoms with Crippen LogP contribution in [0.15, 0.2) is 36.7 Å². The number of ether oxygens (including phenoxy) is 1. The third kappa shape index (κ3) is 3.37. The third-order valence-electron chi connectivity index (χ3n) is 4.80. The van der Waals surface area contributed by atoms with Crippen LogP contribution in [0.4, 0.5) is 4.79 Å². The number of hydrogen-bond donors (Lipinski definition) is 1. The van der Waals surface area contributed by atoms with Crippen molar-refractivity contribution in [1.29, 1.82) is 0 Å². The van der Waals surface area contributed by atoms with Crippen LogP contribution in [0.1, 0.15) is 30.1 Å². The van der Waals surface area contributed by atoms with E-state index in [4.69, 9.17) is 4.74 Å². The highest BCUT2D eigenvalue weighted by Gasteiger charge is 2.27. The number of fused-ring (bicyclic) bond motifs is 1. The molecule has 1 N–H and O–H groups in total. The Labute approximate surface area is 141 Å². The Hall–Kier alpha value is -2.50. The molecule has 0 bridgehead atoms. The van der Waals surface area contributed by atoms with Crippen LogP contribution in [-0.4, -0.2) is 47.5 Å². The minimum atomic E-state index is -0.273. The first-order chi connectivity index (χ1) is 11.6. The van der Waals surface area contributed by atoms with Gasteiger partial charge in [-0.05, 0) is 43.9 Å². The number of likely N-dealkylation sites (tertiary alicyclic amines) is 1. The number of methoxy groups -OCH3 is 1. The molecule has 1 unspecified atom stereocenters. The van der Waals surface area contributed by atoms with Crippen molar-refractivity contribution in [3.63, 3.8) is 0 Å². The van der Waals surface area contributed by atoms with Gasteiger partial charge in [0.05, 0.1) is 12.7 Å². The van der Waals surface area contributed by atoms with Gasteiger partial charge in [-0.2, -0.15) is 0 Å². The average molecular weight is 329 g/mol. The largest absolute Gasteiger partial charge is 0.453 e. The van der Waals surface area contributed by atoms with E-state index in [1.54, 1.807) is 4.90 Å². The molecule has 0 spiro atoms. The number of amides is 2. The predicted octanol–water partition coefficient (Wildman–Crippen LogP) is 2.54. The molecule has 6 heteroatoms. The van der Waals surface area contributed by atoms with Gasteiger partial charge in [0.25, 0.3) is 5.91 Å². The van der Waals surface area contributed by atoms with Gasteiger partial charge in [-0.15, -0.1) is 0 Å². The van der Waals surface area contributed by atoms with Gasteiger partial charge in [0.2, 0.25) is 0 Å². The number of nitrogens with zero attached hydrogens (tertiary/aromatic N) is 2. The molecule has 128 valence electrons. The molecule has 2 amide bonds. The Morgan fingerprint density at radius 1 is 1.29 bits per heavy atom. The average Bonchev–Trinajstić information content (AvgIpc) is 3.05. The van der Waals surface area contributed by atoms with Crippen molar-refractivity contribution in [3.05, 3.63) is 42.2 Å². The monoisotopic (exact) mass is 329 g/mol. The van der Waals surface area contributed by atoms with Crippen molar-refractivity contribution in [3.8, 4) is 0 Å². The number of aromatic nitrogens is 1.